The van der Waals surface area contributed by atoms with E-state index in [1.54, 1.807) is 4.90 Å². The Kier molecular flexibility index (Phi) is 4.34. The second-order valence-corrected chi connectivity index (χ2v) is 8.73. The van der Waals surface area contributed by atoms with E-state index in [9.17, 15) is 14.4 Å². The van der Waals surface area contributed by atoms with E-state index >= 15 is 0 Å². The zero-order chi connectivity index (χ0) is 17.5. The van der Waals surface area contributed by atoms with Crippen LogP contribution in [0, 0.1) is 11.3 Å². The van der Waals surface area contributed by atoms with Gasteiger partial charge in [-0.1, -0.05) is 0 Å². The van der Waals surface area contributed by atoms with Crippen molar-refractivity contribution in [1.29, 1.82) is 0 Å². The Bertz CT molecular complexity index is 546. The molecule has 2 aliphatic heterocycles. The number of hydrogen-bond acceptors (Lipinski definition) is 4. The predicted molar refractivity (Wildman–Crippen MR) is 88.4 cm³/mol. The van der Waals surface area contributed by atoms with Crippen LogP contribution in [0.3, 0.4) is 0 Å². The van der Waals surface area contributed by atoms with Gasteiger partial charge in [-0.2, -0.15) is 0 Å². The highest BCUT2D eigenvalue weighted by Gasteiger charge is 2.47. The van der Waals surface area contributed by atoms with Gasteiger partial charge in [0.05, 0.1) is 0 Å². The van der Waals surface area contributed by atoms with Gasteiger partial charge in [0.15, 0.2) is 0 Å². The molecule has 0 radical (unpaired) electrons. The van der Waals surface area contributed by atoms with Gasteiger partial charge >= 0.3 is 6.09 Å². The lowest BCUT2D eigenvalue weighted by Gasteiger charge is -2.28. The molecule has 6 heteroatoms. The first kappa shape index (κ1) is 17.2. The first-order valence-corrected chi connectivity index (χ1v) is 8.93. The molecule has 1 atom stereocenters. The van der Waals surface area contributed by atoms with Gasteiger partial charge in [-0.25, -0.2) is 4.79 Å². The summed E-state index contributed by atoms with van der Waals surface area (Å²) in [6.45, 7) is 8.49. The van der Waals surface area contributed by atoms with E-state index < -0.39 is 5.60 Å². The standard InChI is InChI=1S/C18H28N2O4/c1-17(2,3)24-16(23)20-7-5-18(12-20)4-6-19(11-18)15(22)10-13-8-14(21)9-13/h13H,4-12H2,1-3H3. The number of ketones is 1. The number of rotatable bonds is 2. The van der Waals surface area contributed by atoms with Crippen LogP contribution < -0.4 is 0 Å². The van der Waals surface area contributed by atoms with Crippen molar-refractivity contribution >= 4 is 17.8 Å². The summed E-state index contributed by atoms with van der Waals surface area (Å²) in [6, 6.07) is 0. The normalized spacial score (nSPS) is 27.7. The molecule has 2 amide bonds. The molecular formula is C18H28N2O4. The molecule has 1 spiro atoms. The molecule has 1 unspecified atom stereocenters. The third-order valence-corrected chi connectivity index (χ3v) is 5.38. The summed E-state index contributed by atoms with van der Waals surface area (Å²) in [5, 5.41) is 0. The molecule has 2 saturated heterocycles. The second kappa shape index (κ2) is 6.05. The molecule has 3 fully saturated rings. The molecule has 3 rings (SSSR count). The van der Waals surface area contributed by atoms with Crippen molar-refractivity contribution in [2.45, 2.75) is 58.5 Å². The summed E-state index contributed by atoms with van der Waals surface area (Å²) in [5.74, 6) is 0.693. The van der Waals surface area contributed by atoms with Crippen molar-refractivity contribution in [3.05, 3.63) is 0 Å². The van der Waals surface area contributed by atoms with E-state index in [1.165, 1.54) is 0 Å². The van der Waals surface area contributed by atoms with E-state index in [0.717, 1.165) is 25.9 Å². The third-order valence-electron chi connectivity index (χ3n) is 5.38. The molecule has 1 aliphatic carbocycles. The number of Topliss-reactive ketones (excluding diaryl/α,β-unsaturated/α-hetero) is 1. The molecular weight excluding hydrogens is 308 g/mol. The number of ether oxygens (including phenoxy) is 1. The van der Waals surface area contributed by atoms with Crippen LogP contribution in [0.25, 0.3) is 0 Å². The average Bonchev–Trinajstić information content (AvgIpc) is 3.03. The number of hydrogen-bond donors (Lipinski definition) is 0. The molecule has 24 heavy (non-hydrogen) atoms. The molecule has 2 heterocycles. The van der Waals surface area contributed by atoms with E-state index in [-0.39, 0.29) is 29.1 Å². The molecule has 6 nitrogen and oxygen atoms in total. The monoisotopic (exact) mass is 336 g/mol. The topological polar surface area (TPSA) is 66.9 Å². The van der Waals surface area contributed by atoms with Crippen LogP contribution in [-0.4, -0.2) is 59.4 Å². The van der Waals surface area contributed by atoms with E-state index in [1.807, 2.05) is 25.7 Å². The summed E-state index contributed by atoms with van der Waals surface area (Å²) in [4.78, 5) is 39.4. The zero-order valence-electron chi connectivity index (χ0n) is 15.0. The lowest BCUT2D eigenvalue weighted by Crippen LogP contribution is -2.39. The highest BCUT2D eigenvalue weighted by atomic mass is 16.6. The number of nitrogens with zero attached hydrogens (tertiary/aromatic N) is 2. The Hall–Kier alpha value is -1.59. The fraction of sp³-hybridized carbons (Fsp3) is 0.833. The molecule has 0 bridgehead atoms. The minimum Gasteiger partial charge on any atom is -0.444 e. The second-order valence-electron chi connectivity index (χ2n) is 8.73. The summed E-state index contributed by atoms with van der Waals surface area (Å²) < 4.78 is 5.46. The zero-order valence-corrected chi connectivity index (χ0v) is 15.0. The number of carbonyl (C=O) groups excluding carboxylic acids is 3. The van der Waals surface area contributed by atoms with Crippen molar-refractivity contribution in [1.82, 2.24) is 9.80 Å². The smallest absolute Gasteiger partial charge is 0.410 e. The summed E-state index contributed by atoms with van der Waals surface area (Å²) in [7, 11) is 0. The van der Waals surface area contributed by atoms with Crippen LogP contribution in [0.5, 0.6) is 0 Å². The van der Waals surface area contributed by atoms with Crippen molar-refractivity contribution in [2.75, 3.05) is 26.2 Å². The maximum atomic E-state index is 12.4. The Morgan fingerprint density at radius 1 is 1.12 bits per heavy atom. The van der Waals surface area contributed by atoms with Crippen LogP contribution in [0.15, 0.2) is 0 Å². The highest BCUT2D eigenvalue weighted by molar-refractivity contribution is 5.87. The first-order chi connectivity index (χ1) is 11.2. The van der Waals surface area contributed by atoms with Gasteiger partial charge in [0.25, 0.3) is 0 Å². The van der Waals surface area contributed by atoms with Gasteiger partial charge in [-0.15, -0.1) is 0 Å². The Morgan fingerprint density at radius 2 is 1.71 bits per heavy atom. The predicted octanol–water partition coefficient (Wildman–Crippen LogP) is 2.22. The molecule has 1 saturated carbocycles. The minimum absolute atomic E-state index is 0.0298. The van der Waals surface area contributed by atoms with Crippen molar-refractivity contribution < 1.29 is 19.1 Å². The van der Waals surface area contributed by atoms with Crippen molar-refractivity contribution in [3.63, 3.8) is 0 Å². The molecule has 0 aromatic rings. The Labute approximate surface area is 143 Å². The lowest BCUT2D eigenvalue weighted by atomic mass is 9.81. The van der Waals surface area contributed by atoms with Crippen molar-refractivity contribution in [2.24, 2.45) is 11.3 Å². The maximum Gasteiger partial charge on any atom is 0.410 e. The molecule has 0 aromatic heterocycles. The fourth-order valence-corrected chi connectivity index (χ4v) is 4.00. The van der Waals surface area contributed by atoms with Gasteiger partial charge in [0, 0.05) is 50.9 Å². The third kappa shape index (κ3) is 3.73. The van der Waals surface area contributed by atoms with E-state index in [2.05, 4.69) is 0 Å². The van der Waals surface area contributed by atoms with Crippen molar-refractivity contribution in [3.8, 4) is 0 Å². The van der Waals surface area contributed by atoms with Crippen LogP contribution >= 0.6 is 0 Å². The molecule has 3 aliphatic rings. The number of likely N-dealkylation sites (tertiary alicyclic amines) is 2. The first-order valence-electron chi connectivity index (χ1n) is 8.93. The summed E-state index contributed by atoms with van der Waals surface area (Å²) in [6.07, 6.45) is 3.25. The molecule has 0 N–H and O–H groups in total. The number of amides is 2. The average molecular weight is 336 g/mol. The summed E-state index contributed by atoms with van der Waals surface area (Å²) >= 11 is 0. The minimum atomic E-state index is -0.481. The van der Waals surface area contributed by atoms with Crippen LogP contribution in [0.2, 0.25) is 0 Å². The van der Waals surface area contributed by atoms with Gasteiger partial charge in [-0.3, -0.25) is 9.59 Å². The summed E-state index contributed by atoms with van der Waals surface area (Å²) in [5.41, 5.74) is -0.452. The molecule has 0 aromatic carbocycles. The largest absolute Gasteiger partial charge is 0.444 e. The maximum absolute atomic E-state index is 12.4. The van der Waals surface area contributed by atoms with Gasteiger partial charge in [-0.05, 0) is 39.5 Å². The Morgan fingerprint density at radius 3 is 2.29 bits per heavy atom. The van der Waals surface area contributed by atoms with Crippen LogP contribution in [-0.2, 0) is 14.3 Å². The van der Waals surface area contributed by atoms with Gasteiger partial charge in [0.2, 0.25) is 5.91 Å². The van der Waals surface area contributed by atoms with Crippen LogP contribution in [0.4, 0.5) is 4.79 Å². The quantitative estimate of drug-likeness (QED) is 0.775. The van der Waals surface area contributed by atoms with E-state index in [0.29, 0.717) is 32.4 Å². The lowest BCUT2D eigenvalue weighted by molar-refractivity contribution is -0.134. The Balaban J connectivity index is 1.50. The van der Waals surface area contributed by atoms with E-state index in [4.69, 9.17) is 4.74 Å². The van der Waals surface area contributed by atoms with Crippen LogP contribution in [0.1, 0.15) is 52.9 Å². The molecule has 134 valence electrons. The van der Waals surface area contributed by atoms with Gasteiger partial charge < -0.3 is 14.5 Å². The number of carbonyl (C=O) groups is 3. The fourth-order valence-electron chi connectivity index (χ4n) is 4.00. The highest BCUT2D eigenvalue weighted by Crippen LogP contribution is 2.40. The SMILES string of the molecule is CC(C)(C)OC(=O)N1CCC2(CCN(C(=O)CC3CC(=O)C3)C2)C1. The van der Waals surface area contributed by atoms with Gasteiger partial charge in [0.1, 0.15) is 11.4 Å².